The highest BCUT2D eigenvalue weighted by Gasteiger charge is 2.21. The van der Waals surface area contributed by atoms with Crippen LogP contribution < -0.4 is 0 Å². The van der Waals surface area contributed by atoms with Gasteiger partial charge >= 0.3 is 17.9 Å². The lowest BCUT2D eigenvalue weighted by Crippen LogP contribution is -2.29. The van der Waals surface area contributed by atoms with Crippen molar-refractivity contribution in [1.29, 1.82) is 0 Å². The molecule has 4 aromatic carbocycles. The molecule has 300 valence electrons. The van der Waals surface area contributed by atoms with Crippen LogP contribution in [0.2, 0.25) is 0 Å². The summed E-state index contributed by atoms with van der Waals surface area (Å²) < 4.78 is 19.4. The average molecular weight is 778 g/mol. The first-order chi connectivity index (χ1) is 26.6. The first kappa shape index (κ1) is 43.4. The minimum Gasteiger partial charge on any atom is -0.623 e. The van der Waals surface area contributed by atoms with Crippen molar-refractivity contribution in [2.45, 2.75) is 98.8 Å². The number of esters is 3. The standard InChI is InChI=1S/C45H51N3O9/c1-43(2,3)46(52)25-31-10-16-37(17-11-31)40(49)55-28-34-22-35(29-56-41(50)38-18-12-32(13-19-38)26-47(53)44(4,5)6)24-36(23-34)30-57-42(51)39-20-14-33(15-21-39)27-48(54)45(7,8)9/h10-27H,28-30H2,1-9H3/b46-25-,47-26-,48-27+. The molecule has 4 rings (SSSR count). The zero-order chi connectivity index (χ0) is 42.1. The summed E-state index contributed by atoms with van der Waals surface area (Å²) in [5.74, 6) is -1.77. The van der Waals surface area contributed by atoms with E-state index in [2.05, 4.69) is 0 Å². The zero-order valence-corrected chi connectivity index (χ0v) is 34.0. The third kappa shape index (κ3) is 13.2. The van der Waals surface area contributed by atoms with Crippen LogP contribution in [-0.2, 0) is 34.0 Å². The molecule has 4 aromatic rings. The summed E-state index contributed by atoms with van der Waals surface area (Å²) in [5.41, 5.74) is 2.58. The minimum atomic E-state index is -0.613. The third-order valence-electron chi connectivity index (χ3n) is 8.44. The molecule has 57 heavy (non-hydrogen) atoms. The predicted molar refractivity (Wildman–Crippen MR) is 219 cm³/mol. The highest BCUT2D eigenvalue weighted by Crippen LogP contribution is 2.18. The van der Waals surface area contributed by atoms with E-state index in [0.717, 1.165) is 14.2 Å². The lowest BCUT2D eigenvalue weighted by molar-refractivity contribution is -0.530. The Hall–Kier alpha value is -6.30. The Morgan fingerprint density at radius 1 is 0.439 bits per heavy atom. The van der Waals surface area contributed by atoms with Gasteiger partial charge in [0.25, 0.3) is 0 Å². The molecular formula is C45H51N3O9. The van der Waals surface area contributed by atoms with Crippen LogP contribution in [0, 0.1) is 15.6 Å². The maximum atomic E-state index is 13.0. The van der Waals surface area contributed by atoms with Crippen molar-refractivity contribution in [2.24, 2.45) is 0 Å². The van der Waals surface area contributed by atoms with Gasteiger partial charge in [0.15, 0.2) is 35.3 Å². The molecule has 0 aliphatic carbocycles. The Kier molecular flexibility index (Phi) is 13.8. The summed E-state index contributed by atoms with van der Waals surface area (Å²) >= 11 is 0. The summed E-state index contributed by atoms with van der Waals surface area (Å²) in [6, 6.07) is 24.5. The smallest absolute Gasteiger partial charge is 0.338 e. The van der Waals surface area contributed by atoms with E-state index in [9.17, 15) is 30.0 Å². The van der Waals surface area contributed by atoms with E-state index in [4.69, 9.17) is 14.2 Å². The molecule has 0 aliphatic rings. The summed E-state index contributed by atoms with van der Waals surface area (Å²) in [7, 11) is 0. The van der Waals surface area contributed by atoms with E-state index in [1.165, 1.54) is 18.6 Å². The summed E-state index contributed by atoms with van der Waals surface area (Å²) in [5, 5.41) is 36.9. The van der Waals surface area contributed by atoms with Crippen LogP contribution >= 0.6 is 0 Å². The van der Waals surface area contributed by atoms with E-state index >= 15 is 0 Å². The van der Waals surface area contributed by atoms with Crippen LogP contribution in [0.3, 0.4) is 0 Å². The van der Waals surface area contributed by atoms with Crippen molar-refractivity contribution >= 4 is 36.6 Å². The van der Waals surface area contributed by atoms with Crippen LogP contribution in [0.25, 0.3) is 0 Å². The number of ether oxygens (including phenoxy) is 3. The van der Waals surface area contributed by atoms with Gasteiger partial charge in [0.05, 0.1) is 16.7 Å². The molecule has 0 unspecified atom stereocenters. The molecule has 0 fully saturated rings. The number of benzene rings is 4. The van der Waals surface area contributed by atoms with E-state index in [1.54, 1.807) is 153 Å². The molecule has 0 amide bonds. The number of hydroxylamine groups is 3. The van der Waals surface area contributed by atoms with Gasteiger partial charge in [-0.15, -0.1) is 0 Å². The van der Waals surface area contributed by atoms with Crippen LogP contribution in [0.4, 0.5) is 0 Å². The van der Waals surface area contributed by atoms with Crippen molar-refractivity contribution in [2.75, 3.05) is 0 Å². The number of hydrogen-bond donors (Lipinski definition) is 0. The number of hydrogen-bond acceptors (Lipinski definition) is 9. The highest BCUT2D eigenvalue weighted by molar-refractivity contribution is 5.92. The lowest BCUT2D eigenvalue weighted by Gasteiger charge is -2.18. The van der Waals surface area contributed by atoms with Crippen molar-refractivity contribution in [3.63, 3.8) is 0 Å². The second-order valence-electron chi connectivity index (χ2n) is 16.6. The van der Waals surface area contributed by atoms with Gasteiger partial charge in [-0.05, 0) is 108 Å². The molecule has 0 atom stereocenters. The van der Waals surface area contributed by atoms with Gasteiger partial charge in [-0.2, -0.15) is 0 Å². The van der Waals surface area contributed by atoms with Gasteiger partial charge < -0.3 is 29.8 Å². The maximum absolute atomic E-state index is 13.0. The number of carbonyl (C=O) groups excluding carboxylic acids is 3. The number of rotatable bonds is 12. The molecule has 0 heterocycles. The first-order valence-corrected chi connectivity index (χ1v) is 18.5. The van der Waals surface area contributed by atoms with Crippen molar-refractivity contribution in [3.05, 3.63) is 157 Å². The Morgan fingerprint density at radius 3 is 0.842 bits per heavy atom. The van der Waals surface area contributed by atoms with Gasteiger partial charge in [0, 0.05) is 79.0 Å². The molecule has 0 aliphatic heterocycles. The quantitative estimate of drug-likeness (QED) is 0.0348. The molecular weight excluding hydrogens is 727 g/mol. The zero-order valence-electron chi connectivity index (χ0n) is 34.0. The third-order valence-corrected chi connectivity index (χ3v) is 8.44. The van der Waals surface area contributed by atoms with E-state index in [1.807, 2.05) is 0 Å². The Bertz CT molecular complexity index is 1890. The fourth-order valence-corrected chi connectivity index (χ4v) is 4.89. The molecule has 0 N–H and O–H groups in total. The van der Waals surface area contributed by atoms with Gasteiger partial charge in [0.2, 0.25) is 0 Å². The molecule has 12 heteroatoms. The van der Waals surface area contributed by atoms with Crippen LogP contribution in [0.15, 0.2) is 91.0 Å². The molecule has 0 bridgehead atoms. The molecule has 12 nitrogen and oxygen atoms in total. The Balaban J connectivity index is 1.49. The van der Waals surface area contributed by atoms with Crippen LogP contribution in [0.5, 0.6) is 0 Å². The Morgan fingerprint density at radius 2 is 0.649 bits per heavy atom. The fraction of sp³-hybridized carbons (Fsp3) is 0.333. The van der Waals surface area contributed by atoms with Crippen molar-refractivity contribution in [3.8, 4) is 0 Å². The summed E-state index contributed by atoms with van der Waals surface area (Å²) in [6.45, 7) is 15.7. The van der Waals surface area contributed by atoms with Crippen molar-refractivity contribution in [1.82, 2.24) is 0 Å². The second kappa shape index (κ2) is 18.1. The van der Waals surface area contributed by atoms with Crippen LogP contribution in [0.1, 0.15) is 127 Å². The Labute approximate surface area is 334 Å². The van der Waals surface area contributed by atoms with E-state index in [-0.39, 0.29) is 36.5 Å². The fourth-order valence-electron chi connectivity index (χ4n) is 4.89. The monoisotopic (exact) mass is 777 g/mol. The predicted octanol–water partition coefficient (Wildman–Crippen LogP) is 7.94. The number of nitrogens with zero attached hydrogens (tertiary/aromatic N) is 3. The minimum absolute atomic E-state index is 0.139. The average Bonchev–Trinajstić information content (AvgIpc) is 3.14. The second-order valence-corrected chi connectivity index (χ2v) is 16.6. The number of carbonyl (C=O) groups is 3. The van der Waals surface area contributed by atoms with E-state index < -0.39 is 34.5 Å². The van der Waals surface area contributed by atoms with E-state index in [0.29, 0.717) is 33.4 Å². The van der Waals surface area contributed by atoms with Gasteiger partial charge in [-0.1, -0.05) is 0 Å². The molecule has 0 spiro atoms. The summed E-state index contributed by atoms with van der Waals surface area (Å²) in [4.78, 5) is 39.0. The normalized spacial score (nSPS) is 12.9. The SMILES string of the molecule is CC(C)(C)/[N+]([O-])=C/c1ccc(C(=O)OCc2cc(COC(=O)c3ccc(/C=[N+](\[O-])C(C)(C)C)cc3)cc(COC(=O)c3ccc(/C=[N+](/[O-])C(C)(C)C)cc3)c2)cc1. The highest BCUT2D eigenvalue weighted by atomic mass is 16.5. The van der Waals surface area contributed by atoms with Gasteiger partial charge in [-0.3, -0.25) is 0 Å². The largest absolute Gasteiger partial charge is 0.623 e. The molecule has 0 saturated carbocycles. The van der Waals surface area contributed by atoms with Crippen LogP contribution in [-0.4, -0.2) is 67.4 Å². The molecule has 0 saturated heterocycles. The molecule has 0 radical (unpaired) electrons. The summed E-state index contributed by atoms with van der Waals surface area (Å²) in [6.07, 6.45) is 4.36. The molecule has 0 aromatic heterocycles. The first-order valence-electron chi connectivity index (χ1n) is 18.5. The lowest BCUT2D eigenvalue weighted by atomic mass is 10.1. The van der Waals surface area contributed by atoms with Gasteiger partial charge in [0.1, 0.15) is 19.8 Å². The maximum Gasteiger partial charge on any atom is 0.338 e. The van der Waals surface area contributed by atoms with Crippen molar-refractivity contribution < 1.29 is 42.8 Å². The topological polar surface area (TPSA) is 157 Å². The van der Waals surface area contributed by atoms with Gasteiger partial charge in [-0.25, -0.2) is 28.6 Å².